The Labute approximate surface area is 145 Å². The Balaban J connectivity index is 1.67. The Morgan fingerprint density at radius 3 is 2.76 bits per heavy atom. The lowest BCUT2D eigenvalue weighted by Crippen LogP contribution is -2.45. The van der Waals surface area contributed by atoms with E-state index in [9.17, 15) is 0 Å². The van der Waals surface area contributed by atoms with Crippen LogP contribution in [0, 0.1) is 12.8 Å². The van der Waals surface area contributed by atoms with Crippen molar-refractivity contribution in [3.63, 3.8) is 0 Å². The zero-order valence-corrected chi connectivity index (χ0v) is 14.3. The number of rotatable bonds is 2. The van der Waals surface area contributed by atoms with Crippen LogP contribution < -0.4 is 4.90 Å². The van der Waals surface area contributed by atoms with E-state index in [1.165, 1.54) is 0 Å². The molecule has 124 valence electrons. The molecular weight excluding hydrogens is 310 g/mol. The Bertz CT molecular complexity index is 1090. The second-order valence-corrected chi connectivity index (χ2v) is 6.98. The van der Waals surface area contributed by atoms with Gasteiger partial charge in [0, 0.05) is 29.7 Å². The van der Waals surface area contributed by atoms with Gasteiger partial charge in [-0.3, -0.25) is 4.98 Å². The van der Waals surface area contributed by atoms with Crippen molar-refractivity contribution in [1.29, 1.82) is 0 Å². The molecule has 0 amide bonds. The van der Waals surface area contributed by atoms with Crippen molar-refractivity contribution >= 4 is 22.2 Å². The molecule has 1 aromatic carbocycles. The lowest BCUT2D eigenvalue weighted by molar-refractivity contribution is 0.446. The number of para-hydroxylation sites is 1. The molecule has 0 saturated carbocycles. The maximum atomic E-state index is 4.72. The molecule has 0 bridgehead atoms. The molecule has 3 aromatic heterocycles. The molecule has 0 N–H and O–H groups in total. The van der Waals surface area contributed by atoms with Crippen LogP contribution in [0.15, 0.2) is 48.9 Å². The van der Waals surface area contributed by atoms with E-state index in [-0.39, 0.29) is 0 Å². The molecule has 4 aromatic rings. The highest BCUT2D eigenvalue weighted by Crippen LogP contribution is 2.32. The maximum Gasteiger partial charge on any atom is 0.162 e. The van der Waals surface area contributed by atoms with Crippen molar-refractivity contribution in [1.82, 2.24) is 19.6 Å². The van der Waals surface area contributed by atoms with Gasteiger partial charge in [0.05, 0.1) is 29.8 Å². The van der Waals surface area contributed by atoms with E-state index in [0.717, 1.165) is 58.1 Å². The predicted octanol–water partition coefficient (Wildman–Crippen LogP) is 3.71. The molecule has 1 aliphatic heterocycles. The summed E-state index contributed by atoms with van der Waals surface area (Å²) < 4.78 is 1.89. The fourth-order valence-corrected chi connectivity index (χ4v) is 3.66. The maximum absolute atomic E-state index is 4.72. The molecule has 25 heavy (non-hydrogen) atoms. The van der Waals surface area contributed by atoms with E-state index >= 15 is 0 Å². The first kappa shape index (κ1) is 14.4. The fourth-order valence-electron chi connectivity index (χ4n) is 3.66. The van der Waals surface area contributed by atoms with Gasteiger partial charge in [0.1, 0.15) is 0 Å². The molecule has 1 saturated heterocycles. The van der Waals surface area contributed by atoms with Crippen molar-refractivity contribution in [2.75, 3.05) is 18.0 Å². The minimum atomic E-state index is 0.759. The Morgan fingerprint density at radius 2 is 1.92 bits per heavy atom. The monoisotopic (exact) mass is 329 g/mol. The van der Waals surface area contributed by atoms with Crippen LogP contribution in [0.4, 0.5) is 5.69 Å². The number of pyridine rings is 1. The minimum Gasteiger partial charge on any atom is -0.368 e. The minimum absolute atomic E-state index is 0.759. The summed E-state index contributed by atoms with van der Waals surface area (Å²) in [4.78, 5) is 11.7. The average Bonchev–Trinajstić information content (AvgIpc) is 3.01. The van der Waals surface area contributed by atoms with Gasteiger partial charge in [-0.25, -0.2) is 9.50 Å². The van der Waals surface area contributed by atoms with Gasteiger partial charge in [0.15, 0.2) is 5.65 Å². The lowest BCUT2D eigenvalue weighted by Gasteiger charge is -2.38. The molecule has 0 radical (unpaired) electrons. The molecule has 1 fully saturated rings. The third-order valence-corrected chi connectivity index (χ3v) is 4.91. The van der Waals surface area contributed by atoms with E-state index in [0.29, 0.717) is 0 Å². The van der Waals surface area contributed by atoms with Crippen molar-refractivity contribution < 1.29 is 0 Å². The van der Waals surface area contributed by atoms with Gasteiger partial charge in [0.25, 0.3) is 0 Å². The quantitative estimate of drug-likeness (QED) is 0.562. The smallest absolute Gasteiger partial charge is 0.162 e. The van der Waals surface area contributed by atoms with Gasteiger partial charge in [0.2, 0.25) is 0 Å². The second-order valence-electron chi connectivity index (χ2n) is 6.98. The highest BCUT2D eigenvalue weighted by Gasteiger charge is 2.23. The van der Waals surface area contributed by atoms with Crippen LogP contribution in [0.3, 0.4) is 0 Å². The van der Waals surface area contributed by atoms with Crippen LogP contribution in [-0.2, 0) is 0 Å². The van der Waals surface area contributed by atoms with E-state index in [1.807, 2.05) is 42.0 Å². The van der Waals surface area contributed by atoms with Crippen molar-refractivity contribution in [3.05, 3.63) is 54.6 Å². The SMILES string of the molecule is Cc1cc(-c2cnn3cc(N4CC(C)C4)cnc23)c2ccccc2n1. The van der Waals surface area contributed by atoms with Gasteiger partial charge in [-0.15, -0.1) is 0 Å². The summed E-state index contributed by atoms with van der Waals surface area (Å²) in [6, 6.07) is 10.3. The lowest BCUT2D eigenvalue weighted by atomic mass is 10.0. The highest BCUT2D eigenvalue weighted by molar-refractivity contribution is 5.98. The highest BCUT2D eigenvalue weighted by atomic mass is 15.3. The summed E-state index contributed by atoms with van der Waals surface area (Å²) in [5, 5.41) is 5.69. The molecular formula is C20H19N5. The zero-order chi connectivity index (χ0) is 17.0. The number of nitrogens with zero attached hydrogens (tertiary/aromatic N) is 5. The summed E-state index contributed by atoms with van der Waals surface area (Å²) in [6.07, 6.45) is 5.95. The molecule has 0 spiro atoms. The van der Waals surface area contributed by atoms with Crippen molar-refractivity contribution in [2.24, 2.45) is 5.92 Å². The predicted molar refractivity (Wildman–Crippen MR) is 99.8 cm³/mol. The topological polar surface area (TPSA) is 46.3 Å². The molecule has 0 unspecified atom stereocenters. The molecule has 1 aliphatic rings. The number of benzene rings is 1. The van der Waals surface area contributed by atoms with E-state index in [1.54, 1.807) is 0 Å². The van der Waals surface area contributed by atoms with Crippen LogP contribution >= 0.6 is 0 Å². The number of hydrogen-bond acceptors (Lipinski definition) is 4. The third-order valence-electron chi connectivity index (χ3n) is 4.91. The second kappa shape index (κ2) is 5.28. The first-order valence-electron chi connectivity index (χ1n) is 8.64. The Kier molecular flexibility index (Phi) is 3.04. The summed E-state index contributed by atoms with van der Waals surface area (Å²) >= 11 is 0. The summed E-state index contributed by atoms with van der Waals surface area (Å²) in [6.45, 7) is 6.48. The first-order chi connectivity index (χ1) is 12.2. The van der Waals surface area contributed by atoms with Crippen LogP contribution in [0.25, 0.3) is 27.7 Å². The molecule has 0 aliphatic carbocycles. The fraction of sp³-hybridized carbons (Fsp3) is 0.250. The normalized spacial score (nSPS) is 15.0. The number of aromatic nitrogens is 4. The van der Waals surface area contributed by atoms with Gasteiger partial charge in [-0.05, 0) is 30.5 Å². The number of anilines is 1. The van der Waals surface area contributed by atoms with Gasteiger partial charge in [-0.1, -0.05) is 25.1 Å². The van der Waals surface area contributed by atoms with Crippen LogP contribution in [0.1, 0.15) is 12.6 Å². The summed E-state index contributed by atoms with van der Waals surface area (Å²) in [7, 11) is 0. The largest absolute Gasteiger partial charge is 0.368 e. The van der Waals surface area contributed by atoms with Gasteiger partial charge >= 0.3 is 0 Å². The summed E-state index contributed by atoms with van der Waals surface area (Å²) in [5.74, 6) is 0.759. The number of aryl methyl sites for hydroxylation is 1. The number of fused-ring (bicyclic) bond motifs is 2. The van der Waals surface area contributed by atoms with Crippen LogP contribution in [-0.4, -0.2) is 32.7 Å². The third kappa shape index (κ3) is 2.27. The van der Waals surface area contributed by atoms with Gasteiger partial charge in [-0.2, -0.15) is 5.10 Å². The summed E-state index contributed by atoms with van der Waals surface area (Å²) in [5.41, 5.74) is 6.20. The molecule has 0 atom stereocenters. The van der Waals surface area contributed by atoms with Crippen LogP contribution in [0.5, 0.6) is 0 Å². The molecule has 4 heterocycles. The Morgan fingerprint density at radius 1 is 1.08 bits per heavy atom. The standard InChI is InChI=1S/C20H19N5/c1-13-10-24(11-13)15-8-21-20-18(9-22-25(20)12-15)17-7-14(2)23-19-6-4-3-5-16(17)19/h3-9,12-13H,10-11H2,1-2H3. The molecule has 5 heteroatoms. The first-order valence-corrected chi connectivity index (χ1v) is 8.64. The number of hydrogen-bond donors (Lipinski definition) is 0. The van der Waals surface area contributed by atoms with Crippen molar-refractivity contribution in [3.8, 4) is 11.1 Å². The molecule has 5 nitrogen and oxygen atoms in total. The average molecular weight is 329 g/mol. The van der Waals surface area contributed by atoms with Crippen molar-refractivity contribution in [2.45, 2.75) is 13.8 Å². The van der Waals surface area contributed by atoms with Crippen LogP contribution in [0.2, 0.25) is 0 Å². The van der Waals surface area contributed by atoms with Gasteiger partial charge < -0.3 is 4.90 Å². The Hall–Kier alpha value is -2.95. The van der Waals surface area contributed by atoms with E-state index < -0.39 is 0 Å². The molecule has 5 rings (SSSR count). The van der Waals surface area contributed by atoms with E-state index in [4.69, 9.17) is 4.98 Å². The van der Waals surface area contributed by atoms with E-state index in [2.05, 4.69) is 40.2 Å². The zero-order valence-electron chi connectivity index (χ0n) is 14.3.